The predicted molar refractivity (Wildman–Crippen MR) is 86.0 cm³/mol. The number of fused-ring (bicyclic) bond motifs is 1. The molecule has 0 amide bonds. The van der Waals surface area contributed by atoms with Crippen LogP contribution in [0.1, 0.15) is 37.1 Å². The number of likely N-dealkylation sites (tertiary alicyclic amines) is 1. The smallest absolute Gasteiger partial charge is 0.258 e. The quantitative estimate of drug-likeness (QED) is 0.934. The van der Waals surface area contributed by atoms with E-state index in [9.17, 15) is 9.90 Å². The van der Waals surface area contributed by atoms with E-state index in [4.69, 9.17) is 0 Å². The zero-order valence-electron chi connectivity index (χ0n) is 13.0. The molecule has 1 fully saturated rings. The van der Waals surface area contributed by atoms with Crippen LogP contribution in [0.25, 0.3) is 5.65 Å². The average molecular weight is 301 g/mol. The van der Waals surface area contributed by atoms with Crippen LogP contribution in [0.5, 0.6) is 0 Å². The van der Waals surface area contributed by atoms with Crippen LogP contribution in [0.2, 0.25) is 0 Å². The number of aromatic nitrogens is 2. The summed E-state index contributed by atoms with van der Waals surface area (Å²) in [7, 11) is 0. The molecule has 0 bridgehead atoms. The number of rotatable bonds is 4. The van der Waals surface area contributed by atoms with Gasteiger partial charge in [-0.3, -0.25) is 14.1 Å². The largest absolute Gasteiger partial charge is 0.396 e. The van der Waals surface area contributed by atoms with Gasteiger partial charge in [-0.1, -0.05) is 12.5 Å². The number of aliphatic hydroxyl groups is 1. The van der Waals surface area contributed by atoms with Crippen LogP contribution in [0.3, 0.4) is 0 Å². The van der Waals surface area contributed by atoms with Gasteiger partial charge >= 0.3 is 0 Å². The van der Waals surface area contributed by atoms with Crippen molar-refractivity contribution < 1.29 is 5.11 Å². The third-order valence-corrected chi connectivity index (χ3v) is 4.51. The Labute approximate surface area is 130 Å². The predicted octanol–water partition coefficient (Wildman–Crippen LogP) is 1.74. The number of nitrogens with zero attached hydrogens (tertiary/aromatic N) is 3. The van der Waals surface area contributed by atoms with Gasteiger partial charge in [0, 0.05) is 31.0 Å². The Balaban J connectivity index is 1.89. The number of hydrogen-bond acceptors (Lipinski definition) is 4. The standard InChI is InChI=1S/C17H23N3O2/c1-13-5-4-7-16-18-14(11-17(22)20(13)16)12-19-9-3-2-6-15(19)8-10-21/h4-5,7,11,15,21H,2-3,6,8-10,12H2,1H3. The number of hydrogen-bond donors (Lipinski definition) is 1. The van der Waals surface area contributed by atoms with E-state index in [1.807, 2.05) is 25.1 Å². The Hall–Kier alpha value is -1.72. The van der Waals surface area contributed by atoms with Crippen molar-refractivity contribution in [2.45, 2.75) is 45.2 Å². The maximum atomic E-state index is 12.3. The molecule has 2 aromatic rings. The molecular weight excluding hydrogens is 278 g/mol. The highest BCUT2D eigenvalue weighted by molar-refractivity contribution is 5.40. The highest BCUT2D eigenvalue weighted by Gasteiger charge is 2.22. The molecule has 2 aromatic heterocycles. The molecular formula is C17H23N3O2. The SMILES string of the molecule is Cc1cccc2nc(CN3CCCCC3CCO)cc(=O)n12. The van der Waals surface area contributed by atoms with Gasteiger partial charge in [-0.25, -0.2) is 4.98 Å². The Morgan fingerprint density at radius 1 is 1.36 bits per heavy atom. The van der Waals surface area contributed by atoms with Gasteiger partial charge in [0.2, 0.25) is 0 Å². The minimum Gasteiger partial charge on any atom is -0.396 e. The zero-order valence-corrected chi connectivity index (χ0v) is 13.0. The molecule has 118 valence electrons. The van der Waals surface area contributed by atoms with Crippen LogP contribution in [-0.2, 0) is 6.54 Å². The van der Waals surface area contributed by atoms with Crippen LogP contribution in [-0.4, -0.2) is 38.6 Å². The van der Waals surface area contributed by atoms with Crippen molar-refractivity contribution >= 4 is 5.65 Å². The molecule has 0 saturated carbocycles. The fourth-order valence-electron chi connectivity index (χ4n) is 3.40. The van der Waals surface area contributed by atoms with E-state index in [-0.39, 0.29) is 12.2 Å². The summed E-state index contributed by atoms with van der Waals surface area (Å²) in [4.78, 5) is 19.3. The highest BCUT2D eigenvalue weighted by Crippen LogP contribution is 2.21. The maximum absolute atomic E-state index is 12.3. The summed E-state index contributed by atoms with van der Waals surface area (Å²) in [6.45, 7) is 3.83. The lowest BCUT2D eigenvalue weighted by Crippen LogP contribution is -2.40. The molecule has 1 aliphatic heterocycles. The minimum absolute atomic E-state index is 0.0196. The van der Waals surface area contributed by atoms with Gasteiger partial charge in [0.1, 0.15) is 5.65 Å². The van der Waals surface area contributed by atoms with Gasteiger partial charge in [0.05, 0.1) is 5.69 Å². The second kappa shape index (κ2) is 6.58. The Morgan fingerprint density at radius 2 is 2.23 bits per heavy atom. The summed E-state index contributed by atoms with van der Waals surface area (Å²) in [5.41, 5.74) is 2.41. The first-order valence-electron chi connectivity index (χ1n) is 8.02. The summed E-state index contributed by atoms with van der Waals surface area (Å²) >= 11 is 0. The molecule has 3 heterocycles. The third-order valence-electron chi connectivity index (χ3n) is 4.51. The molecule has 1 unspecified atom stereocenters. The number of piperidine rings is 1. The Morgan fingerprint density at radius 3 is 3.05 bits per heavy atom. The first-order valence-corrected chi connectivity index (χ1v) is 8.02. The van der Waals surface area contributed by atoms with E-state index in [0.717, 1.165) is 30.8 Å². The molecule has 22 heavy (non-hydrogen) atoms. The first-order chi connectivity index (χ1) is 10.7. The number of aryl methyl sites for hydroxylation is 1. The third kappa shape index (κ3) is 3.05. The van der Waals surface area contributed by atoms with Gasteiger partial charge in [-0.2, -0.15) is 0 Å². The lowest BCUT2D eigenvalue weighted by molar-refractivity contribution is 0.111. The van der Waals surface area contributed by atoms with Crippen molar-refractivity contribution in [2.24, 2.45) is 0 Å². The normalized spacial score (nSPS) is 19.6. The molecule has 0 radical (unpaired) electrons. The lowest BCUT2D eigenvalue weighted by atomic mass is 9.99. The molecule has 5 heteroatoms. The molecule has 1 saturated heterocycles. The summed E-state index contributed by atoms with van der Waals surface area (Å²) < 4.78 is 1.64. The van der Waals surface area contributed by atoms with E-state index in [2.05, 4.69) is 9.88 Å². The van der Waals surface area contributed by atoms with Crippen molar-refractivity contribution in [2.75, 3.05) is 13.2 Å². The van der Waals surface area contributed by atoms with E-state index >= 15 is 0 Å². The summed E-state index contributed by atoms with van der Waals surface area (Å²) in [5, 5.41) is 9.22. The molecule has 5 nitrogen and oxygen atoms in total. The fraction of sp³-hybridized carbons (Fsp3) is 0.529. The maximum Gasteiger partial charge on any atom is 0.258 e. The number of pyridine rings is 1. The van der Waals surface area contributed by atoms with E-state index < -0.39 is 0 Å². The van der Waals surface area contributed by atoms with Gasteiger partial charge in [0.25, 0.3) is 5.56 Å². The van der Waals surface area contributed by atoms with E-state index in [1.165, 1.54) is 12.8 Å². The fourth-order valence-corrected chi connectivity index (χ4v) is 3.40. The van der Waals surface area contributed by atoms with Gasteiger partial charge in [-0.05, 0) is 44.9 Å². The van der Waals surface area contributed by atoms with Crippen molar-refractivity contribution in [3.8, 4) is 0 Å². The van der Waals surface area contributed by atoms with Crippen LogP contribution >= 0.6 is 0 Å². The lowest BCUT2D eigenvalue weighted by Gasteiger charge is -2.35. The van der Waals surface area contributed by atoms with Crippen LogP contribution < -0.4 is 5.56 Å². The van der Waals surface area contributed by atoms with E-state index in [1.54, 1.807) is 10.5 Å². The van der Waals surface area contributed by atoms with Crippen LogP contribution in [0.15, 0.2) is 29.1 Å². The monoisotopic (exact) mass is 301 g/mol. The minimum atomic E-state index is -0.0196. The second-order valence-corrected chi connectivity index (χ2v) is 6.08. The van der Waals surface area contributed by atoms with Gasteiger partial charge in [-0.15, -0.1) is 0 Å². The molecule has 1 atom stereocenters. The van der Waals surface area contributed by atoms with Crippen LogP contribution in [0.4, 0.5) is 0 Å². The topological polar surface area (TPSA) is 57.8 Å². The first kappa shape index (κ1) is 15.2. The molecule has 1 N–H and O–H groups in total. The van der Waals surface area contributed by atoms with Gasteiger partial charge < -0.3 is 5.11 Å². The summed E-state index contributed by atoms with van der Waals surface area (Å²) in [6, 6.07) is 7.76. The Bertz CT molecular complexity index is 709. The van der Waals surface area contributed by atoms with Crippen molar-refractivity contribution in [1.82, 2.24) is 14.3 Å². The Kier molecular flexibility index (Phi) is 4.55. The second-order valence-electron chi connectivity index (χ2n) is 6.08. The highest BCUT2D eigenvalue weighted by atomic mass is 16.3. The van der Waals surface area contributed by atoms with E-state index in [0.29, 0.717) is 18.2 Å². The molecule has 3 rings (SSSR count). The average Bonchev–Trinajstić information content (AvgIpc) is 2.49. The molecule has 0 aliphatic carbocycles. The molecule has 0 aromatic carbocycles. The summed E-state index contributed by atoms with van der Waals surface area (Å²) in [6.07, 6.45) is 4.31. The van der Waals surface area contributed by atoms with Gasteiger partial charge in [0.15, 0.2) is 0 Å². The van der Waals surface area contributed by atoms with Crippen LogP contribution in [0, 0.1) is 6.92 Å². The van der Waals surface area contributed by atoms with Crippen molar-refractivity contribution in [3.63, 3.8) is 0 Å². The van der Waals surface area contributed by atoms with Crippen molar-refractivity contribution in [1.29, 1.82) is 0 Å². The van der Waals surface area contributed by atoms with Crippen molar-refractivity contribution in [3.05, 3.63) is 46.0 Å². The molecule has 0 spiro atoms. The summed E-state index contributed by atoms with van der Waals surface area (Å²) in [5.74, 6) is 0. The zero-order chi connectivity index (χ0) is 15.5. The molecule has 1 aliphatic rings. The number of aliphatic hydroxyl groups excluding tert-OH is 1.